The van der Waals surface area contributed by atoms with Crippen LogP contribution in [0.15, 0.2) is 52.9 Å². The molecule has 3 rings (SSSR count). The summed E-state index contributed by atoms with van der Waals surface area (Å²) in [6, 6.07) is 12.6. The van der Waals surface area contributed by atoms with Gasteiger partial charge in [0.25, 0.3) is 0 Å². The van der Waals surface area contributed by atoms with Crippen molar-refractivity contribution in [1.82, 2.24) is 4.98 Å². The quantitative estimate of drug-likeness (QED) is 0.540. The number of methoxy groups -OCH3 is 1. The van der Waals surface area contributed by atoms with Gasteiger partial charge in [0.2, 0.25) is 5.13 Å². The number of hydrogen-bond acceptors (Lipinski definition) is 5. The molecule has 1 N–H and O–H groups in total. The minimum atomic E-state index is -0.213. The fraction of sp³-hybridized carbons (Fsp3) is 0.111. The highest BCUT2D eigenvalue weighted by atomic mass is 32.1. The largest absolute Gasteiger partial charge is 0.497 e. The lowest BCUT2D eigenvalue weighted by molar-refractivity contribution is 0.415. The summed E-state index contributed by atoms with van der Waals surface area (Å²) < 4.78 is 18.5. The first-order valence-corrected chi connectivity index (χ1v) is 8.19. The SMILES string of the molecule is COc1cccc(C=NNc2nc(-c3ccc(F)c(C)c3)cs2)c1. The summed E-state index contributed by atoms with van der Waals surface area (Å²) in [6.07, 6.45) is 1.70. The number of nitrogens with one attached hydrogen (secondary N) is 1. The van der Waals surface area contributed by atoms with Gasteiger partial charge in [-0.3, -0.25) is 5.43 Å². The Balaban J connectivity index is 1.69. The molecular formula is C18H16FN3OS. The summed E-state index contributed by atoms with van der Waals surface area (Å²) in [5.74, 6) is 0.567. The highest BCUT2D eigenvalue weighted by Crippen LogP contribution is 2.26. The van der Waals surface area contributed by atoms with Crippen molar-refractivity contribution in [3.05, 3.63) is 64.8 Å². The Labute approximate surface area is 143 Å². The molecule has 6 heteroatoms. The van der Waals surface area contributed by atoms with E-state index < -0.39 is 0 Å². The molecule has 122 valence electrons. The fourth-order valence-corrected chi connectivity index (χ4v) is 2.81. The van der Waals surface area contributed by atoms with E-state index in [2.05, 4.69) is 15.5 Å². The second-order valence-electron chi connectivity index (χ2n) is 5.15. The van der Waals surface area contributed by atoms with Crippen molar-refractivity contribution in [3.8, 4) is 17.0 Å². The van der Waals surface area contributed by atoms with Gasteiger partial charge in [-0.1, -0.05) is 12.1 Å². The maximum Gasteiger partial charge on any atom is 0.203 e. The number of hydrazone groups is 1. The molecule has 0 spiro atoms. The number of rotatable bonds is 5. The van der Waals surface area contributed by atoms with E-state index in [0.29, 0.717) is 10.7 Å². The van der Waals surface area contributed by atoms with Gasteiger partial charge in [-0.05, 0) is 48.4 Å². The van der Waals surface area contributed by atoms with E-state index >= 15 is 0 Å². The first kappa shape index (κ1) is 16.1. The van der Waals surface area contributed by atoms with Crippen molar-refractivity contribution >= 4 is 22.7 Å². The summed E-state index contributed by atoms with van der Waals surface area (Å²) in [6.45, 7) is 1.74. The lowest BCUT2D eigenvalue weighted by atomic mass is 10.1. The number of thiazole rings is 1. The Hall–Kier alpha value is -2.73. The summed E-state index contributed by atoms with van der Waals surface area (Å²) in [4.78, 5) is 4.46. The van der Waals surface area contributed by atoms with Crippen LogP contribution in [0.3, 0.4) is 0 Å². The van der Waals surface area contributed by atoms with Gasteiger partial charge in [0.15, 0.2) is 0 Å². The molecule has 1 aromatic heterocycles. The predicted octanol–water partition coefficient (Wildman–Crippen LogP) is 4.71. The average Bonchev–Trinajstić information content (AvgIpc) is 3.06. The van der Waals surface area contributed by atoms with Gasteiger partial charge in [-0.2, -0.15) is 5.10 Å². The number of anilines is 1. The average molecular weight is 341 g/mol. The maximum absolute atomic E-state index is 13.3. The number of halogens is 1. The van der Waals surface area contributed by atoms with Crippen molar-refractivity contribution in [3.63, 3.8) is 0 Å². The summed E-state index contributed by atoms with van der Waals surface area (Å²) in [5, 5.41) is 6.77. The van der Waals surface area contributed by atoms with Crippen LogP contribution in [-0.4, -0.2) is 18.3 Å². The third kappa shape index (κ3) is 3.78. The molecule has 0 aliphatic heterocycles. The monoisotopic (exact) mass is 341 g/mol. The zero-order valence-electron chi connectivity index (χ0n) is 13.3. The Morgan fingerprint density at radius 2 is 2.12 bits per heavy atom. The summed E-state index contributed by atoms with van der Waals surface area (Å²) in [5.41, 5.74) is 6.11. The molecule has 0 aliphatic rings. The lowest BCUT2D eigenvalue weighted by Crippen LogP contribution is -1.91. The number of hydrogen-bond donors (Lipinski definition) is 1. The summed E-state index contributed by atoms with van der Waals surface area (Å²) in [7, 11) is 1.63. The molecule has 0 atom stereocenters. The van der Waals surface area contributed by atoms with E-state index in [1.54, 1.807) is 32.4 Å². The van der Waals surface area contributed by atoms with Crippen LogP contribution < -0.4 is 10.2 Å². The smallest absolute Gasteiger partial charge is 0.203 e. The van der Waals surface area contributed by atoms with Gasteiger partial charge >= 0.3 is 0 Å². The van der Waals surface area contributed by atoms with E-state index in [4.69, 9.17) is 4.74 Å². The molecular weight excluding hydrogens is 325 g/mol. The number of ether oxygens (including phenoxy) is 1. The van der Waals surface area contributed by atoms with Crippen LogP contribution in [-0.2, 0) is 0 Å². The van der Waals surface area contributed by atoms with Gasteiger partial charge in [-0.25, -0.2) is 9.37 Å². The number of aryl methyl sites for hydroxylation is 1. The van der Waals surface area contributed by atoms with Crippen LogP contribution in [0.5, 0.6) is 5.75 Å². The van der Waals surface area contributed by atoms with Crippen LogP contribution in [0, 0.1) is 12.7 Å². The van der Waals surface area contributed by atoms with Crippen molar-refractivity contribution in [2.24, 2.45) is 5.10 Å². The van der Waals surface area contributed by atoms with E-state index in [9.17, 15) is 4.39 Å². The molecule has 0 fully saturated rings. The molecule has 0 radical (unpaired) electrons. The molecule has 4 nitrogen and oxygen atoms in total. The Morgan fingerprint density at radius 1 is 1.25 bits per heavy atom. The second-order valence-corrected chi connectivity index (χ2v) is 6.01. The number of nitrogens with zero attached hydrogens (tertiary/aromatic N) is 2. The van der Waals surface area contributed by atoms with Gasteiger partial charge in [-0.15, -0.1) is 11.3 Å². The van der Waals surface area contributed by atoms with E-state index in [1.165, 1.54) is 17.4 Å². The van der Waals surface area contributed by atoms with E-state index in [0.717, 1.165) is 22.6 Å². The normalized spacial score (nSPS) is 11.0. The van der Waals surface area contributed by atoms with Gasteiger partial charge < -0.3 is 4.74 Å². The molecule has 0 unspecified atom stereocenters. The molecule has 0 bridgehead atoms. The summed E-state index contributed by atoms with van der Waals surface area (Å²) >= 11 is 1.44. The second kappa shape index (κ2) is 7.23. The van der Waals surface area contributed by atoms with Gasteiger partial charge in [0, 0.05) is 10.9 Å². The minimum absolute atomic E-state index is 0.213. The molecule has 2 aromatic carbocycles. The molecule has 0 amide bonds. The lowest BCUT2D eigenvalue weighted by Gasteiger charge is -2.00. The molecule has 1 heterocycles. The van der Waals surface area contributed by atoms with E-state index in [1.807, 2.05) is 29.6 Å². The van der Waals surface area contributed by atoms with Crippen molar-refractivity contribution < 1.29 is 9.13 Å². The van der Waals surface area contributed by atoms with Crippen molar-refractivity contribution in [1.29, 1.82) is 0 Å². The van der Waals surface area contributed by atoms with Crippen LogP contribution in [0.4, 0.5) is 9.52 Å². The maximum atomic E-state index is 13.3. The number of benzene rings is 2. The zero-order valence-corrected chi connectivity index (χ0v) is 14.1. The van der Waals surface area contributed by atoms with Crippen molar-refractivity contribution in [2.75, 3.05) is 12.5 Å². The highest BCUT2D eigenvalue weighted by molar-refractivity contribution is 7.14. The van der Waals surface area contributed by atoms with Gasteiger partial charge in [0.1, 0.15) is 11.6 Å². The standard InChI is InChI=1S/C18H16FN3OS/c1-12-8-14(6-7-16(12)19)17-11-24-18(21-17)22-20-10-13-4-3-5-15(9-13)23-2/h3-11H,1-2H3,(H,21,22). The fourth-order valence-electron chi connectivity index (χ4n) is 2.15. The zero-order chi connectivity index (χ0) is 16.9. The molecule has 24 heavy (non-hydrogen) atoms. The first-order valence-electron chi connectivity index (χ1n) is 7.31. The van der Waals surface area contributed by atoms with Crippen LogP contribution in [0.25, 0.3) is 11.3 Å². The Morgan fingerprint density at radius 3 is 2.92 bits per heavy atom. The Kier molecular flexibility index (Phi) is 4.86. The highest BCUT2D eigenvalue weighted by Gasteiger charge is 2.06. The number of aromatic nitrogens is 1. The van der Waals surface area contributed by atoms with Crippen LogP contribution in [0.1, 0.15) is 11.1 Å². The molecule has 0 saturated carbocycles. The minimum Gasteiger partial charge on any atom is -0.497 e. The third-order valence-electron chi connectivity index (χ3n) is 3.43. The predicted molar refractivity (Wildman–Crippen MR) is 96.5 cm³/mol. The third-order valence-corrected chi connectivity index (χ3v) is 4.17. The molecule has 3 aromatic rings. The van der Waals surface area contributed by atoms with Crippen molar-refractivity contribution in [2.45, 2.75) is 6.92 Å². The van der Waals surface area contributed by atoms with Crippen LogP contribution >= 0.6 is 11.3 Å². The topological polar surface area (TPSA) is 46.5 Å². The molecule has 0 saturated heterocycles. The van der Waals surface area contributed by atoms with Crippen LogP contribution in [0.2, 0.25) is 0 Å². The molecule has 0 aliphatic carbocycles. The van der Waals surface area contributed by atoms with E-state index in [-0.39, 0.29) is 5.82 Å². The van der Waals surface area contributed by atoms with Gasteiger partial charge in [0.05, 0.1) is 19.0 Å². The first-order chi connectivity index (χ1) is 11.7. The Bertz CT molecular complexity index is 876.